The first kappa shape index (κ1) is 27.7. The van der Waals surface area contributed by atoms with Crippen LogP contribution in [0.25, 0.3) is 6.08 Å². The maximum absolute atomic E-state index is 14.0. The molecule has 0 bridgehead atoms. The summed E-state index contributed by atoms with van der Waals surface area (Å²) in [6.45, 7) is 4.08. The molecule has 38 heavy (non-hydrogen) atoms. The summed E-state index contributed by atoms with van der Waals surface area (Å²) in [5.74, 6) is -0.460. The van der Waals surface area contributed by atoms with E-state index in [1.165, 1.54) is 10.5 Å². The van der Waals surface area contributed by atoms with Crippen molar-refractivity contribution in [1.29, 1.82) is 5.41 Å². The lowest BCUT2D eigenvalue weighted by Crippen LogP contribution is -2.51. The smallest absolute Gasteiger partial charge is 0.390 e. The Morgan fingerprint density at radius 3 is 2.68 bits per heavy atom. The number of nitrogens with zero attached hydrogens (tertiary/aromatic N) is 3. The van der Waals surface area contributed by atoms with E-state index in [2.05, 4.69) is 20.5 Å². The quantitative estimate of drug-likeness (QED) is 0.320. The summed E-state index contributed by atoms with van der Waals surface area (Å²) in [6.07, 6.45) is 2.71. The van der Waals surface area contributed by atoms with Crippen LogP contribution >= 0.6 is 0 Å². The topological polar surface area (TPSA) is 132 Å². The molecule has 0 saturated heterocycles. The number of aromatic nitrogens is 3. The number of H-pyrrole nitrogens is 1. The fourth-order valence-corrected chi connectivity index (χ4v) is 6.90. The molecular weight excluding hydrogens is 521 g/mol. The molecule has 2 aromatic heterocycles. The number of ketones is 1. The number of aromatic amines is 1. The van der Waals surface area contributed by atoms with Crippen LogP contribution in [0.1, 0.15) is 60.4 Å². The number of carbonyl (C=O) groups is 1. The molecule has 3 N–H and O–H groups in total. The number of hydrogen-bond acceptors (Lipinski definition) is 7. The first-order valence-corrected chi connectivity index (χ1v) is 13.7. The third-order valence-electron chi connectivity index (χ3n) is 7.18. The minimum absolute atomic E-state index is 0.114. The number of alkyl halides is 3. The van der Waals surface area contributed by atoms with Crippen LogP contribution in [0.2, 0.25) is 0 Å². The van der Waals surface area contributed by atoms with Gasteiger partial charge in [-0.1, -0.05) is 12.5 Å². The largest absolute Gasteiger partial charge is 0.417 e. The van der Waals surface area contributed by atoms with E-state index in [1.807, 2.05) is 6.08 Å². The second kappa shape index (κ2) is 10.4. The van der Waals surface area contributed by atoms with Crippen molar-refractivity contribution in [2.45, 2.75) is 51.7 Å². The number of halogens is 3. The first-order valence-electron chi connectivity index (χ1n) is 12.2. The predicted octanol–water partition coefficient (Wildman–Crippen LogP) is 3.94. The average Bonchev–Trinajstić information content (AvgIpc) is 3.33. The Morgan fingerprint density at radius 1 is 1.32 bits per heavy atom. The molecule has 9 nitrogen and oxygen atoms in total. The zero-order valence-electron chi connectivity index (χ0n) is 21.0. The van der Waals surface area contributed by atoms with Gasteiger partial charge in [0.1, 0.15) is 10.6 Å². The number of fused-ring (bicyclic) bond motifs is 2. The first-order chi connectivity index (χ1) is 18.0. The van der Waals surface area contributed by atoms with Crippen molar-refractivity contribution in [2.24, 2.45) is 5.41 Å². The maximum Gasteiger partial charge on any atom is 0.417 e. The van der Waals surface area contributed by atoms with Crippen molar-refractivity contribution in [3.63, 3.8) is 0 Å². The molecule has 0 aromatic carbocycles. The fourth-order valence-electron chi connectivity index (χ4n) is 5.34. The van der Waals surface area contributed by atoms with E-state index in [0.717, 1.165) is 35.2 Å². The van der Waals surface area contributed by atoms with Crippen molar-refractivity contribution >= 4 is 28.1 Å². The van der Waals surface area contributed by atoms with Crippen molar-refractivity contribution in [3.05, 3.63) is 63.7 Å². The van der Waals surface area contributed by atoms with Crippen LogP contribution in [-0.2, 0) is 22.6 Å². The zero-order chi connectivity index (χ0) is 27.7. The number of carbonyl (C=O) groups excluding carboxylic acids is 1. The van der Waals surface area contributed by atoms with Gasteiger partial charge in [0.15, 0.2) is 5.78 Å². The Labute approximate surface area is 218 Å². The molecule has 0 radical (unpaired) electrons. The van der Waals surface area contributed by atoms with E-state index in [4.69, 9.17) is 5.41 Å². The summed E-state index contributed by atoms with van der Waals surface area (Å²) in [5, 5.41) is 17.5. The molecule has 13 heteroatoms. The van der Waals surface area contributed by atoms with Gasteiger partial charge in [0, 0.05) is 37.7 Å². The van der Waals surface area contributed by atoms with Crippen molar-refractivity contribution in [3.8, 4) is 0 Å². The molecule has 204 valence electrons. The van der Waals surface area contributed by atoms with Crippen LogP contribution in [0.15, 0.2) is 41.2 Å². The van der Waals surface area contributed by atoms with E-state index in [9.17, 15) is 26.4 Å². The zero-order valence-corrected chi connectivity index (χ0v) is 21.8. The number of rotatable bonds is 9. The normalized spacial score (nSPS) is 21.9. The minimum atomic E-state index is -4.59. The Balaban J connectivity index is 1.76. The standard InChI is InChI=1S/C25H29F3N6O3S/c1-3-30-15-20(12-29)38(36,37)34(4-2)19-7-5-17-9-22-16(13-32-33-22)10-24(17,11-19)23(35)21-8-6-18(14-31-21)25(26,27)28/h6,8-9,12-15,19,29-30H,3-5,7,10-11H2,1-2H3,(H,32,33)/b20-15+,29-12?/t19-,24-/m0/s1. The van der Waals surface area contributed by atoms with Gasteiger partial charge in [0.05, 0.1) is 22.9 Å². The van der Waals surface area contributed by atoms with Crippen molar-refractivity contribution in [2.75, 3.05) is 13.1 Å². The molecule has 1 fully saturated rings. The molecule has 0 unspecified atom stereocenters. The highest BCUT2D eigenvalue weighted by Crippen LogP contribution is 2.51. The Morgan fingerprint density at radius 2 is 2.08 bits per heavy atom. The summed E-state index contributed by atoms with van der Waals surface area (Å²) < 4.78 is 67.7. The molecule has 2 atom stereocenters. The highest BCUT2D eigenvalue weighted by molar-refractivity contribution is 7.93. The van der Waals surface area contributed by atoms with E-state index in [-0.39, 0.29) is 30.0 Å². The number of Topliss-reactive ketones (excluding diaryl/α,β-unsaturated/α-hetero) is 1. The highest BCUT2D eigenvalue weighted by atomic mass is 32.2. The molecule has 2 heterocycles. The number of sulfonamides is 1. The van der Waals surface area contributed by atoms with E-state index in [1.54, 1.807) is 20.0 Å². The molecule has 2 aliphatic carbocycles. The lowest BCUT2D eigenvalue weighted by molar-refractivity contribution is -0.137. The SMILES string of the molecule is CCN/C=C(\C=N)S(=O)(=O)N(CC)[C@H]1CCC2=Cc3[nH]ncc3C[C@]2(C(=O)c2ccc(C(F)(F)F)cn2)C1. The predicted molar refractivity (Wildman–Crippen MR) is 136 cm³/mol. The number of allylic oxidation sites excluding steroid dienone is 2. The van der Waals surface area contributed by atoms with Gasteiger partial charge >= 0.3 is 6.18 Å². The second-order valence-corrected chi connectivity index (χ2v) is 11.2. The monoisotopic (exact) mass is 550 g/mol. The van der Waals surface area contributed by atoms with Gasteiger partial charge in [-0.05, 0) is 56.4 Å². The Hall–Kier alpha value is -3.32. The molecule has 0 aliphatic heterocycles. The lowest BCUT2D eigenvalue weighted by atomic mass is 9.60. The van der Waals surface area contributed by atoms with Crippen LogP contribution in [0.5, 0.6) is 0 Å². The molecule has 2 aromatic rings. The second-order valence-electron chi connectivity index (χ2n) is 9.35. The number of pyridine rings is 1. The van der Waals surface area contributed by atoms with E-state index >= 15 is 0 Å². The summed E-state index contributed by atoms with van der Waals surface area (Å²) >= 11 is 0. The van der Waals surface area contributed by atoms with Crippen molar-refractivity contribution in [1.82, 2.24) is 24.8 Å². The third-order valence-corrected chi connectivity index (χ3v) is 9.19. The van der Waals surface area contributed by atoms with Crippen LogP contribution in [0.4, 0.5) is 13.2 Å². The minimum Gasteiger partial charge on any atom is -0.390 e. The summed E-state index contributed by atoms with van der Waals surface area (Å²) in [5.41, 5.74) is -0.00367. The van der Waals surface area contributed by atoms with Crippen LogP contribution in [0.3, 0.4) is 0 Å². The van der Waals surface area contributed by atoms with Gasteiger partial charge in [-0.25, -0.2) is 8.42 Å². The molecule has 0 spiro atoms. The summed E-state index contributed by atoms with van der Waals surface area (Å²) in [4.78, 5) is 17.7. The van der Waals surface area contributed by atoms with E-state index < -0.39 is 39.0 Å². The van der Waals surface area contributed by atoms with Crippen molar-refractivity contribution < 1.29 is 26.4 Å². The summed E-state index contributed by atoms with van der Waals surface area (Å²) in [7, 11) is -4.06. The van der Waals surface area contributed by atoms with Crippen LogP contribution < -0.4 is 5.32 Å². The third kappa shape index (κ3) is 4.92. The van der Waals surface area contributed by atoms with Gasteiger partial charge < -0.3 is 10.7 Å². The highest BCUT2D eigenvalue weighted by Gasteiger charge is 2.51. The molecular formula is C25H29F3N6O3S. The number of nitrogens with one attached hydrogen (secondary N) is 3. The molecule has 2 aliphatic rings. The van der Waals surface area contributed by atoms with Gasteiger partial charge in [-0.15, -0.1) is 0 Å². The van der Waals surface area contributed by atoms with Crippen LogP contribution in [-0.4, -0.2) is 59.0 Å². The Kier molecular flexibility index (Phi) is 7.62. The fraction of sp³-hybridized carbons (Fsp3) is 0.440. The van der Waals surface area contributed by atoms with Crippen LogP contribution in [0, 0.1) is 10.8 Å². The van der Waals surface area contributed by atoms with E-state index in [0.29, 0.717) is 25.6 Å². The van der Waals surface area contributed by atoms with Gasteiger partial charge in [-0.2, -0.15) is 22.6 Å². The molecule has 4 rings (SSSR count). The molecule has 1 saturated carbocycles. The maximum atomic E-state index is 14.0. The van der Waals surface area contributed by atoms with Gasteiger partial charge in [0.2, 0.25) is 10.0 Å². The Bertz CT molecular complexity index is 1380. The number of hydrogen-bond donors (Lipinski definition) is 3. The lowest BCUT2D eigenvalue weighted by Gasteiger charge is -2.46. The van der Waals surface area contributed by atoms with Gasteiger partial charge in [0.25, 0.3) is 0 Å². The summed E-state index contributed by atoms with van der Waals surface area (Å²) in [6, 6.07) is 1.32. The average molecular weight is 551 g/mol. The molecule has 0 amide bonds. The van der Waals surface area contributed by atoms with Gasteiger partial charge in [-0.3, -0.25) is 14.9 Å².